The number of benzene rings is 3. The van der Waals surface area contributed by atoms with Gasteiger partial charge in [0.15, 0.2) is 0 Å². The molecule has 156 valence electrons. The maximum atomic E-state index is 13.0. The minimum absolute atomic E-state index is 0.224. The molecule has 4 heteroatoms. The summed E-state index contributed by atoms with van der Waals surface area (Å²) in [6, 6.07) is 25.9. The Morgan fingerprint density at radius 2 is 1.57 bits per heavy atom. The fourth-order valence-corrected chi connectivity index (χ4v) is 3.89. The molecule has 0 saturated carbocycles. The van der Waals surface area contributed by atoms with Crippen LogP contribution in [0.3, 0.4) is 0 Å². The van der Waals surface area contributed by atoms with Crippen molar-refractivity contribution in [2.45, 2.75) is 38.6 Å². The molecule has 4 rings (SSSR count). The number of nitrogens with one attached hydrogen (secondary N) is 1. The average Bonchev–Trinajstić information content (AvgIpc) is 2.79. The zero-order valence-electron chi connectivity index (χ0n) is 17.3. The first kappa shape index (κ1) is 20.6. The Labute approximate surface area is 178 Å². The maximum absolute atomic E-state index is 13.0. The predicted octanol–water partition coefficient (Wildman–Crippen LogP) is 5.16. The number of likely N-dealkylation sites (tertiary alicyclic amines) is 1. The number of halogens is 1. The molecule has 0 unspecified atom stereocenters. The van der Waals surface area contributed by atoms with Gasteiger partial charge < -0.3 is 10.1 Å². The Bertz CT molecular complexity index is 906. The fraction of sp³-hybridized carbons (Fsp3) is 0.308. The van der Waals surface area contributed by atoms with Crippen LogP contribution in [0.1, 0.15) is 29.5 Å². The summed E-state index contributed by atoms with van der Waals surface area (Å²) in [6.07, 6.45) is 2.35. The van der Waals surface area contributed by atoms with E-state index in [2.05, 4.69) is 52.7 Å². The lowest BCUT2D eigenvalue weighted by Gasteiger charge is -2.32. The maximum Gasteiger partial charge on any atom is 0.123 e. The number of hydrogen-bond acceptors (Lipinski definition) is 3. The van der Waals surface area contributed by atoms with Crippen molar-refractivity contribution in [1.29, 1.82) is 0 Å². The van der Waals surface area contributed by atoms with Gasteiger partial charge in [0.1, 0.15) is 18.2 Å². The quantitative estimate of drug-likeness (QED) is 0.561. The summed E-state index contributed by atoms with van der Waals surface area (Å²) in [6.45, 7) is 4.59. The van der Waals surface area contributed by atoms with E-state index in [1.807, 2.05) is 12.1 Å². The van der Waals surface area contributed by atoms with Crippen molar-refractivity contribution in [3.05, 3.63) is 101 Å². The highest BCUT2D eigenvalue weighted by Gasteiger charge is 2.18. The Balaban J connectivity index is 1.21. The lowest BCUT2D eigenvalue weighted by atomic mass is 10.0. The fourth-order valence-electron chi connectivity index (χ4n) is 3.89. The van der Waals surface area contributed by atoms with Crippen molar-refractivity contribution in [2.24, 2.45) is 0 Å². The number of ether oxygens (including phenoxy) is 1. The lowest BCUT2D eigenvalue weighted by Crippen LogP contribution is -2.41. The van der Waals surface area contributed by atoms with E-state index in [-0.39, 0.29) is 5.82 Å². The van der Waals surface area contributed by atoms with Gasteiger partial charge in [-0.15, -0.1) is 0 Å². The summed E-state index contributed by atoms with van der Waals surface area (Å²) >= 11 is 0. The molecule has 3 aromatic carbocycles. The van der Waals surface area contributed by atoms with Gasteiger partial charge in [0.2, 0.25) is 0 Å². The zero-order valence-corrected chi connectivity index (χ0v) is 17.3. The molecule has 0 spiro atoms. The molecule has 1 N–H and O–H groups in total. The van der Waals surface area contributed by atoms with Crippen molar-refractivity contribution in [3.63, 3.8) is 0 Å². The summed E-state index contributed by atoms with van der Waals surface area (Å²) < 4.78 is 18.9. The Morgan fingerprint density at radius 3 is 2.33 bits per heavy atom. The summed E-state index contributed by atoms with van der Waals surface area (Å²) in [7, 11) is 0. The molecule has 0 aromatic heterocycles. The molecule has 3 aromatic rings. The van der Waals surface area contributed by atoms with Gasteiger partial charge in [-0.2, -0.15) is 0 Å². The molecule has 1 heterocycles. The number of rotatable bonds is 8. The van der Waals surface area contributed by atoms with Crippen molar-refractivity contribution in [3.8, 4) is 5.75 Å². The molecule has 3 nitrogen and oxygen atoms in total. The van der Waals surface area contributed by atoms with E-state index in [9.17, 15) is 4.39 Å². The standard InChI is InChI=1S/C26H29FN2O/c27-24-11-9-22(10-12-24)20-30-26-8-4-7-23(17-26)18-28-25-13-15-29(16-14-25)19-21-5-2-1-3-6-21/h1-12,17,25,28H,13-16,18-20H2. The predicted molar refractivity (Wildman–Crippen MR) is 119 cm³/mol. The van der Waals surface area contributed by atoms with E-state index < -0.39 is 0 Å². The van der Waals surface area contributed by atoms with Crippen molar-refractivity contribution < 1.29 is 9.13 Å². The number of hydrogen-bond donors (Lipinski definition) is 1. The molecular formula is C26H29FN2O. The van der Waals surface area contributed by atoms with E-state index in [4.69, 9.17) is 4.74 Å². The van der Waals surface area contributed by atoms with Crippen LogP contribution in [-0.2, 0) is 19.7 Å². The molecule has 0 atom stereocenters. The van der Waals surface area contributed by atoms with Gasteiger partial charge in [-0.3, -0.25) is 4.90 Å². The van der Waals surface area contributed by atoms with Gasteiger partial charge in [0, 0.05) is 19.1 Å². The number of piperidine rings is 1. The molecule has 0 radical (unpaired) electrons. The van der Waals surface area contributed by atoms with Gasteiger partial charge >= 0.3 is 0 Å². The Hall–Kier alpha value is -2.69. The first-order chi connectivity index (χ1) is 14.7. The van der Waals surface area contributed by atoms with Crippen molar-refractivity contribution in [1.82, 2.24) is 10.2 Å². The Kier molecular flexibility index (Phi) is 7.11. The Morgan fingerprint density at radius 1 is 0.833 bits per heavy atom. The second-order valence-corrected chi connectivity index (χ2v) is 7.98. The highest BCUT2D eigenvalue weighted by Crippen LogP contribution is 2.17. The van der Waals surface area contributed by atoms with Crippen molar-refractivity contribution in [2.75, 3.05) is 13.1 Å². The summed E-state index contributed by atoms with van der Waals surface area (Å²) in [5, 5.41) is 3.71. The minimum atomic E-state index is -0.224. The highest BCUT2D eigenvalue weighted by atomic mass is 19.1. The summed E-state index contributed by atoms with van der Waals surface area (Å²) in [5.41, 5.74) is 3.57. The second kappa shape index (κ2) is 10.4. The van der Waals surface area contributed by atoms with Crippen LogP contribution in [-0.4, -0.2) is 24.0 Å². The van der Waals surface area contributed by atoms with Gasteiger partial charge in [-0.1, -0.05) is 54.6 Å². The van der Waals surface area contributed by atoms with Crippen LogP contribution in [0.25, 0.3) is 0 Å². The van der Waals surface area contributed by atoms with E-state index in [0.717, 1.165) is 37.5 Å². The molecule has 1 aliphatic heterocycles. The molecule has 30 heavy (non-hydrogen) atoms. The largest absolute Gasteiger partial charge is 0.489 e. The normalized spacial score (nSPS) is 15.2. The van der Waals surface area contributed by atoms with Crippen LogP contribution in [0.15, 0.2) is 78.9 Å². The van der Waals surface area contributed by atoms with E-state index in [0.29, 0.717) is 12.6 Å². The molecular weight excluding hydrogens is 375 g/mol. The third kappa shape index (κ3) is 6.15. The van der Waals surface area contributed by atoms with Crippen LogP contribution >= 0.6 is 0 Å². The molecule has 1 saturated heterocycles. The first-order valence-electron chi connectivity index (χ1n) is 10.7. The van der Waals surface area contributed by atoms with Gasteiger partial charge in [-0.05, 0) is 66.9 Å². The van der Waals surface area contributed by atoms with Crippen LogP contribution in [0, 0.1) is 5.82 Å². The summed E-state index contributed by atoms with van der Waals surface area (Å²) in [4.78, 5) is 2.54. The third-order valence-corrected chi connectivity index (χ3v) is 5.65. The topological polar surface area (TPSA) is 24.5 Å². The molecule has 0 aliphatic carbocycles. The summed E-state index contributed by atoms with van der Waals surface area (Å²) in [5.74, 6) is 0.619. The smallest absolute Gasteiger partial charge is 0.123 e. The second-order valence-electron chi connectivity index (χ2n) is 7.98. The van der Waals surface area contributed by atoms with Gasteiger partial charge in [0.25, 0.3) is 0 Å². The van der Waals surface area contributed by atoms with E-state index >= 15 is 0 Å². The van der Waals surface area contributed by atoms with Gasteiger partial charge in [-0.25, -0.2) is 4.39 Å². The molecule has 1 aliphatic rings. The molecule has 0 amide bonds. The van der Waals surface area contributed by atoms with Crippen LogP contribution in [0.2, 0.25) is 0 Å². The molecule has 1 fully saturated rings. The lowest BCUT2D eigenvalue weighted by molar-refractivity contribution is 0.190. The SMILES string of the molecule is Fc1ccc(COc2cccc(CNC3CCN(Cc4ccccc4)CC3)c2)cc1. The van der Waals surface area contributed by atoms with Crippen molar-refractivity contribution >= 4 is 0 Å². The van der Waals surface area contributed by atoms with E-state index in [1.165, 1.54) is 36.1 Å². The van der Waals surface area contributed by atoms with E-state index in [1.54, 1.807) is 12.1 Å². The molecule has 0 bridgehead atoms. The third-order valence-electron chi connectivity index (χ3n) is 5.65. The number of nitrogens with zero attached hydrogens (tertiary/aromatic N) is 1. The monoisotopic (exact) mass is 404 g/mol. The zero-order chi connectivity index (χ0) is 20.6. The van der Waals surface area contributed by atoms with Crippen LogP contribution in [0.5, 0.6) is 5.75 Å². The van der Waals surface area contributed by atoms with Crippen LogP contribution in [0.4, 0.5) is 4.39 Å². The minimum Gasteiger partial charge on any atom is -0.489 e. The highest BCUT2D eigenvalue weighted by molar-refractivity contribution is 5.29. The average molecular weight is 405 g/mol. The van der Waals surface area contributed by atoms with Crippen LogP contribution < -0.4 is 10.1 Å². The first-order valence-corrected chi connectivity index (χ1v) is 10.7. The van der Waals surface area contributed by atoms with Gasteiger partial charge in [0.05, 0.1) is 0 Å².